The third-order valence-corrected chi connectivity index (χ3v) is 3.06. The first kappa shape index (κ1) is 11.6. The summed E-state index contributed by atoms with van der Waals surface area (Å²) in [6.07, 6.45) is 1.08. The van der Waals surface area contributed by atoms with Gasteiger partial charge >= 0.3 is 0 Å². The average molecular weight is 279 g/mol. The quantitative estimate of drug-likeness (QED) is 0.771. The molecule has 0 saturated heterocycles. The third kappa shape index (κ3) is 2.63. The summed E-state index contributed by atoms with van der Waals surface area (Å²) < 4.78 is 5.13. The molecule has 0 aliphatic rings. The number of methoxy groups -OCH3 is 1. The summed E-state index contributed by atoms with van der Waals surface area (Å²) in [5, 5.41) is 3.60. The predicted octanol–water partition coefficient (Wildman–Crippen LogP) is 3.92. The maximum absolute atomic E-state index is 5.13. The van der Waals surface area contributed by atoms with E-state index in [2.05, 4.69) is 52.3 Å². The van der Waals surface area contributed by atoms with Crippen molar-refractivity contribution in [3.05, 3.63) is 47.5 Å². The molecule has 0 aliphatic carbocycles. The molecule has 0 bridgehead atoms. The molecule has 2 heteroatoms. The van der Waals surface area contributed by atoms with Crippen molar-refractivity contribution in [2.45, 2.75) is 13.0 Å². The highest BCUT2D eigenvalue weighted by Gasteiger charge is 1.98. The summed E-state index contributed by atoms with van der Waals surface area (Å²) in [4.78, 5) is 0. The van der Waals surface area contributed by atoms with E-state index in [1.54, 1.807) is 7.11 Å². The van der Waals surface area contributed by atoms with Crippen molar-refractivity contribution >= 4 is 26.7 Å². The van der Waals surface area contributed by atoms with Crippen molar-refractivity contribution in [3.8, 4) is 0 Å². The van der Waals surface area contributed by atoms with Gasteiger partial charge in [-0.25, -0.2) is 0 Å². The average Bonchev–Trinajstić information content (AvgIpc) is 2.30. The zero-order valence-corrected chi connectivity index (χ0v) is 11.0. The molecule has 2 aromatic rings. The van der Waals surface area contributed by atoms with E-state index >= 15 is 0 Å². The number of alkyl halides is 1. The van der Waals surface area contributed by atoms with E-state index in [1.165, 1.54) is 21.9 Å². The summed E-state index contributed by atoms with van der Waals surface area (Å²) in [7, 11) is 1.73. The number of fused-ring (bicyclic) bond motifs is 1. The van der Waals surface area contributed by atoms with Crippen molar-refractivity contribution in [3.63, 3.8) is 0 Å². The molecule has 16 heavy (non-hydrogen) atoms. The fraction of sp³-hybridized carbons (Fsp3) is 0.286. The summed E-state index contributed by atoms with van der Waals surface area (Å²) in [6, 6.07) is 13.1. The minimum atomic E-state index is 0.680. The Hall–Kier alpha value is -0.860. The normalized spacial score (nSPS) is 10.9. The highest BCUT2D eigenvalue weighted by atomic mass is 79.9. The maximum atomic E-state index is 5.13. The van der Waals surface area contributed by atoms with Crippen LogP contribution in [0.4, 0.5) is 0 Å². The van der Waals surface area contributed by atoms with Gasteiger partial charge in [-0.3, -0.25) is 0 Å². The Morgan fingerprint density at radius 3 is 2.25 bits per heavy atom. The molecule has 0 fully saturated rings. The Morgan fingerprint density at radius 1 is 1.00 bits per heavy atom. The Balaban J connectivity index is 2.36. The first-order valence-electron chi connectivity index (χ1n) is 5.40. The van der Waals surface area contributed by atoms with Crippen LogP contribution in [-0.2, 0) is 17.8 Å². The summed E-state index contributed by atoms with van der Waals surface area (Å²) >= 11 is 3.47. The molecule has 0 N–H and O–H groups in total. The Bertz CT molecular complexity index is 434. The van der Waals surface area contributed by atoms with Crippen LogP contribution in [-0.4, -0.2) is 12.4 Å². The number of hydrogen-bond acceptors (Lipinski definition) is 1. The molecule has 0 aromatic heterocycles. The van der Waals surface area contributed by atoms with Gasteiger partial charge in [0, 0.05) is 12.4 Å². The fourth-order valence-corrected chi connectivity index (χ4v) is 2.32. The van der Waals surface area contributed by atoms with Crippen molar-refractivity contribution in [2.24, 2.45) is 0 Å². The zero-order chi connectivity index (χ0) is 11.4. The molecule has 0 aliphatic heterocycles. The molecule has 2 rings (SSSR count). The number of halogens is 1. The van der Waals surface area contributed by atoms with Gasteiger partial charge in [-0.05, 0) is 34.4 Å². The van der Waals surface area contributed by atoms with Crippen molar-refractivity contribution in [2.75, 3.05) is 12.4 Å². The lowest BCUT2D eigenvalue weighted by atomic mass is 10.0. The molecule has 1 nitrogen and oxygen atoms in total. The molecule has 0 saturated carbocycles. The largest absolute Gasteiger partial charge is 0.380 e. The first-order valence-corrected chi connectivity index (χ1v) is 6.52. The molecule has 0 amide bonds. The van der Waals surface area contributed by atoms with Gasteiger partial charge in [0.1, 0.15) is 0 Å². The van der Waals surface area contributed by atoms with Gasteiger partial charge in [0.05, 0.1) is 6.61 Å². The van der Waals surface area contributed by atoms with Crippen LogP contribution >= 0.6 is 15.9 Å². The SMILES string of the molecule is COCc1ccc2cc(CCBr)ccc2c1. The summed E-state index contributed by atoms with van der Waals surface area (Å²) in [5.74, 6) is 0. The van der Waals surface area contributed by atoms with Crippen LogP contribution in [0.25, 0.3) is 10.8 Å². The number of benzene rings is 2. The second kappa shape index (κ2) is 5.46. The van der Waals surface area contributed by atoms with Gasteiger partial charge in [-0.2, -0.15) is 0 Å². The van der Waals surface area contributed by atoms with E-state index in [0.717, 1.165) is 11.8 Å². The predicted molar refractivity (Wildman–Crippen MR) is 72.2 cm³/mol. The summed E-state index contributed by atoms with van der Waals surface area (Å²) in [5.41, 5.74) is 2.60. The van der Waals surface area contributed by atoms with E-state index in [-0.39, 0.29) is 0 Å². The molecular formula is C14H15BrO. The molecule has 0 spiro atoms. The molecule has 0 radical (unpaired) electrons. The van der Waals surface area contributed by atoms with Crippen LogP contribution in [0.15, 0.2) is 36.4 Å². The van der Waals surface area contributed by atoms with E-state index in [4.69, 9.17) is 4.74 Å². The lowest BCUT2D eigenvalue weighted by Crippen LogP contribution is -1.89. The smallest absolute Gasteiger partial charge is 0.0713 e. The monoisotopic (exact) mass is 278 g/mol. The lowest BCUT2D eigenvalue weighted by molar-refractivity contribution is 0.185. The van der Waals surface area contributed by atoms with Crippen LogP contribution in [0.5, 0.6) is 0 Å². The van der Waals surface area contributed by atoms with Gasteiger partial charge in [0.15, 0.2) is 0 Å². The van der Waals surface area contributed by atoms with Crippen LogP contribution in [0, 0.1) is 0 Å². The fourth-order valence-electron chi connectivity index (χ4n) is 1.87. The second-order valence-corrected chi connectivity index (χ2v) is 4.68. The highest BCUT2D eigenvalue weighted by molar-refractivity contribution is 9.09. The number of hydrogen-bond donors (Lipinski definition) is 0. The van der Waals surface area contributed by atoms with Crippen molar-refractivity contribution < 1.29 is 4.74 Å². The van der Waals surface area contributed by atoms with Crippen LogP contribution in [0.2, 0.25) is 0 Å². The van der Waals surface area contributed by atoms with E-state index in [1.807, 2.05) is 0 Å². The number of aryl methyl sites for hydroxylation is 1. The zero-order valence-electron chi connectivity index (χ0n) is 9.37. The van der Waals surface area contributed by atoms with Gasteiger partial charge < -0.3 is 4.74 Å². The van der Waals surface area contributed by atoms with Gasteiger partial charge in [-0.15, -0.1) is 0 Å². The van der Waals surface area contributed by atoms with Crippen molar-refractivity contribution in [1.82, 2.24) is 0 Å². The topological polar surface area (TPSA) is 9.23 Å². The molecular weight excluding hydrogens is 264 g/mol. The van der Waals surface area contributed by atoms with Gasteiger partial charge in [0.25, 0.3) is 0 Å². The Morgan fingerprint density at radius 2 is 1.62 bits per heavy atom. The number of ether oxygens (including phenoxy) is 1. The Labute approximate surface area is 105 Å². The molecule has 84 valence electrons. The minimum absolute atomic E-state index is 0.680. The third-order valence-electron chi connectivity index (χ3n) is 2.66. The van der Waals surface area contributed by atoms with Gasteiger partial charge in [0.2, 0.25) is 0 Å². The van der Waals surface area contributed by atoms with Crippen LogP contribution < -0.4 is 0 Å². The van der Waals surface area contributed by atoms with E-state index in [9.17, 15) is 0 Å². The van der Waals surface area contributed by atoms with Crippen molar-refractivity contribution in [1.29, 1.82) is 0 Å². The number of rotatable bonds is 4. The van der Waals surface area contributed by atoms with E-state index < -0.39 is 0 Å². The van der Waals surface area contributed by atoms with Crippen LogP contribution in [0.3, 0.4) is 0 Å². The summed E-state index contributed by atoms with van der Waals surface area (Å²) in [6.45, 7) is 0.680. The standard InChI is InChI=1S/C14H15BrO/c1-16-10-12-3-5-13-8-11(6-7-15)2-4-14(13)9-12/h2-5,8-9H,6-7,10H2,1H3. The Kier molecular flexibility index (Phi) is 3.97. The minimum Gasteiger partial charge on any atom is -0.380 e. The molecule has 2 aromatic carbocycles. The van der Waals surface area contributed by atoms with E-state index in [0.29, 0.717) is 6.61 Å². The molecule has 0 heterocycles. The second-order valence-electron chi connectivity index (χ2n) is 3.89. The molecule has 0 atom stereocenters. The maximum Gasteiger partial charge on any atom is 0.0713 e. The highest BCUT2D eigenvalue weighted by Crippen LogP contribution is 2.19. The first-order chi connectivity index (χ1) is 7.83. The lowest BCUT2D eigenvalue weighted by Gasteiger charge is -2.05. The van der Waals surface area contributed by atoms with Crippen LogP contribution in [0.1, 0.15) is 11.1 Å². The van der Waals surface area contributed by atoms with Gasteiger partial charge in [-0.1, -0.05) is 46.3 Å². The molecule has 0 unspecified atom stereocenters.